The van der Waals surface area contributed by atoms with Crippen LogP contribution in [0.2, 0.25) is 0 Å². The molecule has 0 radical (unpaired) electrons. The molecular formula is C20H21N3O. The predicted molar refractivity (Wildman–Crippen MR) is 96.1 cm³/mol. The average molecular weight is 324 g/mol. The molecule has 1 aromatic carbocycles. The first-order valence-corrected chi connectivity index (χ1v) is 7.76. The van der Waals surface area contributed by atoms with E-state index in [1.54, 1.807) is 33.3 Å². The Kier molecular flexibility index (Phi) is 2.23. The number of rotatable bonds is 2. The predicted octanol–water partition coefficient (Wildman–Crippen LogP) is 5.04. The fraction of sp³-hybridized carbons (Fsp3) is 0.300. The maximum atomic E-state index is 8.68. The molecule has 4 nitrogen and oxygen atoms in total. The van der Waals surface area contributed by atoms with Crippen LogP contribution in [0.15, 0.2) is 47.4 Å². The van der Waals surface area contributed by atoms with Gasteiger partial charge in [-0.05, 0) is 48.0 Å². The molecule has 24 heavy (non-hydrogen) atoms. The number of aromatic nitrogens is 3. The lowest BCUT2D eigenvalue weighted by atomic mass is 9.86. The van der Waals surface area contributed by atoms with Crippen LogP contribution in [0.25, 0.3) is 28.1 Å². The van der Waals surface area contributed by atoms with Crippen LogP contribution in [-0.4, -0.2) is 14.4 Å². The fourth-order valence-corrected chi connectivity index (χ4v) is 2.78. The van der Waals surface area contributed by atoms with Crippen LogP contribution in [0.5, 0.6) is 0 Å². The summed E-state index contributed by atoms with van der Waals surface area (Å²) in [7, 11) is 0. The molecule has 0 amide bonds. The highest BCUT2D eigenvalue weighted by molar-refractivity contribution is 5.91. The molecule has 0 unspecified atom stereocenters. The molecule has 4 heteroatoms. The van der Waals surface area contributed by atoms with Gasteiger partial charge in [0.1, 0.15) is 6.33 Å². The number of oxazole rings is 1. The van der Waals surface area contributed by atoms with Crippen molar-refractivity contribution in [1.29, 1.82) is 0 Å². The van der Waals surface area contributed by atoms with Gasteiger partial charge in [-0.1, -0.05) is 26.8 Å². The van der Waals surface area contributed by atoms with Crippen molar-refractivity contribution in [2.24, 2.45) is 5.41 Å². The van der Waals surface area contributed by atoms with Gasteiger partial charge < -0.3 is 4.42 Å². The van der Waals surface area contributed by atoms with Gasteiger partial charge in [0.15, 0.2) is 5.58 Å². The molecule has 4 aromatic rings. The van der Waals surface area contributed by atoms with Crippen molar-refractivity contribution in [3.05, 3.63) is 54.1 Å². The Hall–Kier alpha value is -2.62. The van der Waals surface area contributed by atoms with Crippen LogP contribution >= 0.6 is 0 Å². The average Bonchev–Trinajstić information content (AvgIpc) is 3.20. The highest BCUT2D eigenvalue weighted by atomic mass is 16.3. The van der Waals surface area contributed by atoms with Gasteiger partial charge in [0.2, 0.25) is 5.71 Å². The summed E-state index contributed by atoms with van der Waals surface area (Å²) in [5.74, 6) is 0. The molecule has 122 valence electrons. The molecule has 0 aliphatic rings. The van der Waals surface area contributed by atoms with Crippen LogP contribution in [0, 0.1) is 12.3 Å². The van der Waals surface area contributed by atoms with Crippen molar-refractivity contribution in [2.75, 3.05) is 0 Å². The van der Waals surface area contributed by atoms with E-state index >= 15 is 0 Å². The Morgan fingerprint density at radius 2 is 2.17 bits per heavy atom. The summed E-state index contributed by atoms with van der Waals surface area (Å²) in [5.41, 5.74) is 2.31. The maximum absolute atomic E-state index is 8.68. The maximum Gasteiger partial charge on any atom is 0.224 e. The van der Waals surface area contributed by atoms with Crippen LogP contribution < -0.4 is 0 Å². The first-order chi connectivity index (χ1) is 13.4. The lowest BCUT2D eigenvalue weighted by Gasteiger charge is -2.20. The monoisotopic (exact) mass is 324 g/mol. The number of imidazole rings is 1. The number of aryl methyl sites for hydroxylation is 1. The van der Waals surface area contributed by atoms with Gasteiger partial charge in [-0.15, -0.1) is 0 Å². The molecule has 0 fully saturated rings. The molecule has 0 aliphatic heterocycles. The number of para-hydroxylation sites is 1. The van der Waals surface area contributed by atoms with E-state index in [-0.39, 0.29) is 11.1 Å². The minimum absolute atomic E-state index is 0.0786. The summed E-state index contributed by atoms with van der Waals surface area (Å²) >= 11 is 0. The molecule has 3 heterocycles. The first kappa shape index (κ1) is 10.3. The van der Waals surface area contributed by atoms with E-state index in [4.69, 9.17) is 11.3 Å². The van der Waals surface area contributed by atoms with Crippen LogP contribution in [0.3, 0.4) is 0 Å². The normalized spacial score (nSPS) is 16.5. The molecular weight excluding hydrogens is 298 g/mol. The second-order valence-electron chi connectivity index (χ2n) is 6.85. The summed E-state index contributed by atoms with van der Waals surface area (Å²) in [5, 5.41) is 0. The van der Waals surface area contributed by atoms with E-state index in [1.807, 2.05) is 22.6 Å². The third-order valence-electron chi connectivity index (χ3n) is 3.75. The lowest BCUT2D eigenvalue weighted by molar-refractivity contribution is 0.410. The van der Waals surface area contributed by atoms with E-state index in [0.29, 0.717) is 22.6 Å². The zero-order chi connectivity index (χ0) is 21.2. The van der Waals surface area contributed by atoms with Gasteiger partial charge in [-0.3, -0.25) is 9.38 Å². The summed E-state index contributed by atoms with van der Waals surface area (Å²) in [6.45, 7) is 2.78. The van der Waals surface area contributed by atoms with Gasteiger partial charge >= 0.3 is 0 Å². The number of nitrogens with zero attached hydrogens (tertiary/aromatic N) is 3. The molecule has 0 N–H and O–H groups in total. The SMILES string of the molecule is [2H]C([2H])([2H])c1cnc(-c2cccc3c2oc2cncn23)cc1C([2H])([2H])C(C)(C)C. The van der Waals surface area contributed by atoms with Gasteiger partial charge in [0.05, 0.1) is 17.4 Å². The fourth-order valence-electron chi connectivity index (χ4n) is 2.78. The molecule has 3 aromatic heterocycles. The van der Waals surface area contributed by atoms with Crippen LogP contribution in [-0.2, 0) is 6.37 Å². The Morgan fingerprint density at radius 3 is 2.96 bits per heavy atom. The molecule has 0 bridgehead atoms. The van der Waals surface area contributed by atoms with E-state index in [9.17, 15) is 0 Å². The summed E-state index contributed by atoms with van der Waals surface area (Å²) in [6.07, 6.45) is 2.64. The van der Waals surface area contributed by atoms with Gasteiger partial charge in [0, 0.05) is 18.6 Å². The van der Waals surface area contributed by atoms with Gasteiger partial charge in [0.25, 0.3) is 0 Å². The van der Waals surface area contributed by atoms with Gasteiger partial charge in [-0.2, -0.15) is 0 Å². The third kappa shape index (κ3) is 2.48. The summed E-state index contributed by atoms with van der Waals surface area (Å²) < 4.78 is 48.7. The number of hydrogen-bond donors (Lipinski definition) is 0. The minimum Gasteiger partial charge on any atom is -0.436 e. The van der Waals surface area contributed by atoms with Crippen LogP contribution in [0.1, 0.15) is 38.8 Å². The molecule has 0 aliphatic carbocycles. The number of fused-ring (bicyclic) bond motifs is 3. The molecule has 0 spiro atoms. The number of benzene rings is 1. The topological polar surface area (TPSA) is 43.3 Å². The van der Waals surface area contributed by atoms with E-state index in [2.05, 4.69) is 9.97 Å². The second kappa shape index (κ2) is 5.20. The molecule has 0 atom stereocenters. The van der Waals surface area contributed by atoms with Crippen molar-refractivity contribution in [1.82, 2.24) is 14.4 Å². The minimum atomic E-state index is -2.47. The highest BCUT2D eigenvalue weighted by Crippen LogP contribution is 2.32. The standard InChI is InChI=1S/C20H21N3O/c1-13-10-22-16(8-14(13)9-20(2,3)4)15-6-5-7-17-19(15)24-18-11-21-12-23(17)18/h5-8,10-12H,9H2,1-4H3/i1D3,9D2. The van der Waals surface area contributed by atoms with E-state index in [0.717, 1.165) is 5.52 Å². The smallest absolute Gasteiger partial charge is 0.224 e. The quantitative estimate of drug-likeness (QED) is 0.519. The van der Waals surface area contributed by atoms with Crippen molar-refractivity contribution in [2.45, 2.75) is 34.0 Å². The summed E-state index contributed by atoms with van der Waals surface area (Å²) in [6, 6.07) is 7.11. The zero-order valence-corrected chi connectivity index (χ0v) is 13.8. The molecule has 0 saturated heterocycles. The van der Waals surface area contributed by atoms with Crippen molar-refractivity contribution < 1.29 is 11.3 Å². The van der Waals surface area contributed by atoms with Crippen molar-refractivity contribution in [3.63, 3.8) is 0 Å². The molecule has 4 rings (SSSR count). The largest absolute Gasteiger partial charge is 0.436 e. The number of hydrogen-bond acceptors (Lipinski definition) is 3. The lowest BCUT2D eigenvalue weighted by Crippen LogP contribution is -2.10. The van der Waals surface area contributed by atoms with Gasteiger partial charge in [-0.25, -0.2) is 4.98 Å². The van der Waals surface area contributed by atoms with E-state index in [1.165, 1.54) is 12.3 Å². The first-order valence-electron chi connectivity index (χ1n) is 10.3. The van der Waals surface area contributed by atoms with Crippen molar-refractivity contribution in [3.8, 4) is 11.3 Å². The Balaban J connectivity index is 1.99. The Labute approximate surface area is 148 Å². The highest BCUT2D eigenvalue weighted by Gasteiger charge is 2.17. The van der Waals surface area contributed by atoms with E-state index < -0.39 is 18.6 Å². The molecule has 0 saturated carbocycles. The Bertz CT molecular complexity index is 1210. The second-order valence-corrected chi connectivity index (χ2v) is 6.85. The summed E-state index contributed by atoms with van der Waals surface area (Å²) in [4.78, 5) is 8.43. The zero-order valence-electron chi connectivity index (χ0n) is 18.8. The van der Waals surface area contributed by atoms with Crippen molar-refractivity contribution >= 4 is 16.8 Å². The third-order valence-corrected chi connectivity index (χ3v) is 3.75. The van der Waals surface area contributed by atoms with Crippen LogP contribution in [0.4, 0.5) is 0 Å². The number of pyridine rings is 1. The Morgan fingerprint density at radius 1 is 1.29 bits per heavy atom.